The number of allylic oxidation sites excluding steroid dienone is 4. The quantitative estimate of drug-likeness (QED) is 0.0498. The van der Waals surface area contributed by atoms with Crippen molar-refractivity contribution >= 4 is 33.0 Å². The first-order valence-electron chi connectivity index (χ1n) is 19.4. The van der Waals surface area contributed by atoms with E-state index < -0.39 is 23.4 Å². The number of hydrogen-bond acceptors (Lipinski definition) is 5. The van der Waals surface area contributed by atoms with Crippen molar-refractivity contribution in [1.82, 2.24) is 5.32 Å². The number of carbonyl (C=O) groups excluding carboxylic acids is 1. The summed E-state index contributed by atoms with van der Waals surface area (Å²) < 4.78 is 76.1. The number of likely N-dealkylation sites (N-methyl/N-ethyl adjacent to an activating group) is 1. The number of hydrogen-bond donors (Lipinski definition) is 2. The highest BCUT2D eigenvalue weighted by Crippen LogP contribution is 2.38. The number of terminal acetylenes is 1. The van der Waals surface area contributed by atoms with Crippen molar-refractivity contribution in [1.29, 1.82) is 0 Å². The maximum Gasteiger partial charge on any atom is 0.416 e. The van der Waals surface area contributed by atoms with Gasteiger partial charge in [-0.15, -0.1) is 15.7 Å². The number of nitrogens with one attached hydrogen (secondary N) is 2. The summed E-state index contributed by atoms with van der Waals surface area (Å²) in [5, 5.41) is 6.75. The normalized spacial score (nSPS) is 11.6. The largest absolute Gasteiger partial charge is 0.490 e. The molecule has 2 rings (SSSR count). The molecule has 320 valence electrons. The highest BCUT2D eigenvalue weighted by Gasteiger charge is 2.31. The molecule has 0 aliphatic carbocycles. The molecule has 0 heterocycles. The number of ether oxygens (including phenoxy) is 1. The molecule has 11 heteroatoms. The van der Waals surface area contributed by atoms with Gasteiger partial charge in [0.25, 0.3) is 0 Å². The summed E-state index contributed by atoms with van der Waals surface area (Å²) in [7, 11) is 4.26. The highest BCUT2D eigenvalue weighted by molar-refractivity contribution is 7.22. The van der Waals surface area contributed by atoms with E-state index in [4.69, 9.17) is 11.2 Å². The van der Waals surface area contributed by atoms with Crippen molar-refractivity contribution in [2.24, 2.45) is 10.4 Å². The fourth-order valence-electron chi connectivity index (χ4n) is 4.22. The lowest BCUT2D eigenvalue weighted by Crippen LogP contribution is -2.14. The molecule has 0 radical (unpaired) electrons. The Morgan fingerprint density at radius 1 is 1.00 bits per heavy atom. The van der Waals surface area contributed by atoms with Gasteiger partial charge in [-0.1, -0.05) is 101 Å². The zero-order valence-electron chi connectivity index (χ0n) is 36.7. The molecule has 0 aromatic heterocycles. The van der Waals surface area contributed by atoms with Crippen LogP contribution in [0.4, 0.5) is 27.6 Å². The Hall–Kier alpha value is -4.06. The first-order valence-corrected chi connectivity index (χ1v) is 20.0. The van der Waals surface area contributed by atoms with Crippen LogP contribution in [-0.4, -0.2) is 32.7 Å². The number of benzene rings is 2. The fraction of sp³-hybridized carbons (Fsp3) is 0.478. The summed E-state index contributed by atoms with van der Waals surface area (Å²) in [4.78, 5) is 13.9. The van der Waals surface area contributed by atoms with Crippen LogP contribution >= 0.6 is 9.24 Å². The molecule has 0 aliphatic rings. The number of aliphatic imine (C=N–C) groups is 1. The summed E-state index contributed by atoms with van der Waals surface area (Å²) >= 11 is 0. The van der Waals surface area contributed by atoms with Crippen LogP contribution in [0.25, 0.3) is 5.57 Å². The number of anilines is 1. The average Bonchev–Trinajstić information content (AvgIpc) is 3.14. The number of nitrogens with zero attached hydrogens (tertiary/aromatic N) is 1. The van der Waals surface area contributed by atoms with Crippen molar-refractivity contribution < 1.29 is 31.5 Å². The molecule has 57 heavy (non-hydrogen) atoms. The molecule has 0 aliphatic heterocycles. The van der Waals surface area contributed by atoms with Gasteiger partial charge in [-0.2, -0.15) is 17.6 Å². The van der Waals surface area contributed by atoms with Gasteiger partial charge in [0, 0.05) is 42.5 Å². The first kappa shape index (κ1) is 57.3. The third-order valence-electron chi connectivity index (χ3n) is 6.93. The molecule has 1 unspecified atom stereocenters. The average molecular weight is 822 g/mol. The van der Waals surface area contributed by atoms with Gasteiger partial charge >= 0.3 is 6.18 Å². The van der Waals surface area contributed by atoms with Crippen molar-refractivity contribution in [3.8, 4) is 18.1 Å². The molecule has 0 saturated carbocycles. The van der Waals surface area contributed by atoms with Gasteiger partial charge < -0.3 is 20.2 Å². The lowest BCUT2D eigenvalue weighted by molar-refractivity contribution is -0.137. The molecular formula is C46H69F5N3O2P. The van der Waals surface area contributed by atoms with E-state index in [-0.39, 0.29) is 58.0 Å². The molecule has 5 nitrogen and oxygen atoms in total. The number of aldehydes is 1. The lowest BCUT2D eigenvalue weighted by Gasteiger charge is -2.21. The predicted octanol–water partition coefficient (Wildman–Crippen LogP) is 13.8. The Bertz CT molecular complexity index is 1660. The van der Waals surface area contributed by atoms with E-state index in [0.29, 0.717) is 35.8 Å². The smallest absolute Gasteiger partial charge is 0.416 e. The molecule has 2 aromatic rings. The molecule has 0 spiro atoms. The fourth-order valence-corrected chi connectivity index (χ4v) is 4.70. The monoisotopic (exact) mass is 822 g/mol. The SMILES string of the molecule is C#C/C(N=CC)=C(\C)C(=C)c1cc(C(F)(F)F)ccc1NC(=C)/C(Cc1ccc(OCCC)c(F)c1F)=C(\P)CNC.CC.CC(C)(C)CC=O.CCC.CCC. The first-order chi connectivity index (χ1) is 26.7. The van der Waals surface area contributed by atoms with Crippen LogP contribution < -0.4 is 15.4 Å². The van der Waals surface area contributed by atoms with Crippen LogP contribution in [0.15, 0.2) is 76.3 Å². The summed E-state index contributed by atoms with van der Waals surface area (Å²) in [6, 6.07) is 5.96. The predicted molar refractivity (Wildman–Crippen MR) is 239 cm³/mol. The van der Waals surface area contributed by atoms with Gasteiger partial charge in [-0.3, -0.25) is 4.99 Å². The number of halogens is 5. The topological polar surface area (TPSA) is 62.7 Å². The summed E-state index contributed by atoms with van der Waals surface area (Å²) in [5.74, 6) is 0.0896. The van der Waals surface area contributed by atoms with Crippen molar-refractivity contribution in [2.75, 3.05) is 25.5 Å². The molecule has 1 atom stereocenters. The van der Waals surface area contributed by atoms with Gasteiger partial charge in [-0.25, -0.2) is 4.39 Å². The number of alkyl halides is 3. The summed E-state index contributed by atoms with van der Waals surface area (Å²) in [6.07, 6.45) is 7.12. The van der Waals surface area contributed by atoms with Gasteiger partial charge in [0.1, 0.15) is 12.0 Å². The zero-order valence-corrected chi connectivity index (χ0v) is 37.9. The Labute approximate surface area is 344 Å². The van der Waals surface area contributed by atoms with Crippen LogP contribution in [0, 0.1) is 29.4 Å². The Kier molecular flexibility index (Phi) is 31.1. The Morgan fingerprint density at radius 3 is 1.98 bits per heavy atom. The zero-order chi connectivity index (χ0) is 44.9. The number of rotatable bonds is 14. The minimum absolute atomic E-state index is 0.0530. The molecule has 0 fully saturated rings. The van der Waals surface area contributed by atoms with Gasteiger partial charge in [0.15, 0.2) is 11.6 Å². The van der Waals surface area contributed by atoms with Crippen molar-refractivity contribution in [3.63, 3.8) is 0 Å². The van der Waals surface area contributed by atoms with E-state index in [1.807, 2.05) is 41.5 Å². The molecule has 0 bridgehead atoms. The maximum atomic E-state index is 15.1. The van der Waals surface area contributed by atoms with Crippen LogP contribution in [0.1, 0.15) is 125 Å². The van der Waals surface area contributed by atoms with Crippen molar-refractivity contribution in [2.45, 2.75) is 121 Å². The van der Waals surface area contributed by atoms with Crippen LogP contribution in [-0.2, 0) is 17.4 Å². The van der Waals surface area contributed by atoms with Gasteiger partial charge in [0.2, 0.25) is 5.82 Å². The third kappa shape index (κ3) is 22.5. The van der Waals surface area contributed by atoms with Gasteiger partial charge in [-0.05, 0) is 90.5 Å². The van der Waals surface area contributed by atoms with Crippen LogP contribution in [0.5, 0.6) is 5.75 Å². The molecule has 0 amide bonds. The van der Waals surface area contributed by atoms with Crippen LogP contribution in [0.3, 0.4) is 0 Å². The van der Waals surface area contributed by atoms with E-state index in [2.05, 4.69) is 71.6 Å². The summed E-state index contributed by atoms with van der Waals surface area (Å²) in [5.41, 5.74) is 1.33. The second-order valence-corrected chi connectivity index (χ2v) is 14.3. The van der Waals surface area contributed by atoms with E-state index in [1.165, 1.54) is 37.3 Å². The van der Waals surface area contributed by atoms with E-state index in [9.17, 15) is 22.4 Å². The van der Waals surface area contributed by atoms with Gasteiger partial charge in [0.05, 0.1) is 12.2 Å². The molecule has 2 aromatic carbocycles. The molecule has 2 N–H and O–H groups in total. The lowest BCUT2D eigenvalue weighted by atomic mass is 9.93. The Balaban J connectivity index is -0.00000166. The van der Waals surface area contributed by atoms with E-state index in [1.54, 1.807) is 20.9 Å². The maximum absolute atomic E-state index is 15.1. The second kappa shape index (κ2) is 31.0. The van der Waals surface area contributed by atoms with E-state index >= 15 is 4.39 Å². The minimum atomic E-state index is -4.61. The minimum Gasteiger partial charge on any atom is -0.490 e. The summed E-state index contributed by atoms with van der Waals surface area (Å²) in [6.45, 7) is 32.4. The third-order valence-corrected chi connectivity index (χ3v) is 7.48. The van der Waals surface area contributed by atoms with Crippen LogP contribution in [0.2, 0.25) is 0 Å². The molecule has 0 saturated heterocycles. The Morgan fingerprint density at radius 2 is 1.56 bits per heavy atom. The number of carbonyl (C=O) groups is 1. The molecular weight excluding hydrogens is 752 g/mol. The van der Waals surface area contributed by atoms with E-state index in [0.717, 1.165) is 18.4 Å². The second-order valence-electron chi connectivity index (χ2n) is 13.6. The highest BCUT2D eigenvalue weighted by atomic mass is 31.0. The standard InChI is InChI=1S/C32H35F5N3OP.C6H12O.2C3H8.C2H6/c1-8-15-41-28-14-11-22(30(33)31(28)34)16-25(29(42)18-38-7)21(6)40-27-13-12-23(32(35,36)37)17-24(27)19(4)20(5)26(9-2)39-10-3;1-6(2,3)4-5-7;2*1-3-2;1-2/h2,10-14,17,38,40H,4,6,8,15-16,18,42H2,1,3,5,7H3;5H,4H2,1-3H3;2*3H2,1-2H3;1-2H3/b26-20-,29-25-,39-10?;;;;. The van der Waals surface area contributed by atoms with Crippen molar-refractivity contribution in [3.05, 3.63) is 99.7 Å².